The van der Waals surface area contributed by atoms with Crippen molar-refractivity contribution in [2.24, 2.45) is 16.6 Å². The van der Waals surface area contributed by atoms with Gasteiger partial charge in [0.05, 0.1) is 26.5 Å². The van der Waals surface area contributed by atoms with Gasteiger partial charge in [0.2, 0.25) is 0 Å². The Balaban J connectivity index is 0.00000320. The molecule has 164 valence electrons. The van der Waals surface area contributed by atoms with E-state index in [4.69, 9.17) is 15.2 Å². The Morgan fingerprint density at radius 1 is 1.13 bits per heavy atom. The number of rotatable bonds is 7. The highest BCUT2D eigenvalue weighted by molar-refractivity contribution is 14.0. The first kappa shape index (κ1) is 24.3. The number of guanidine groups is 1. The molecule has 30 heavy (non-hydrogen) atoms. The van der Waals surface area contributed by atoms with Gasteiger partial charge >= 0.3 is 0 Å². The van der Waals surface area contributed by atoms with Gasteiger partial charge < -0.3 is 20.5 Å². The van der Waals surface area contributed by atoms with Gasteiger partial charge in [0.25, 0.3) is 0 Å². The number of benzene rings is 2. The molecule has 2 aromatic carbocycles. The average molecular weight is 524 g/mol. The van der Waals surface area contributed by atoms with Crippen LogP contribution in [0.5, 0.6) is 11.5 Å². The van der Waals surface area contributed by atoms with Gasteiger partial charge in [0.15, 0.2) is 5.96 Å². The predicted octanol–water partition coefficient (Wildman–Crippen LogP) is 4.13. The minimum atomic E-state index is 0. The minimum absolute atomic E-state index is 0. The molecule has 0 amide bonds. The molecule has 1 aliphatic rings. The number of hydrogen-bond donors (Lipinski definition) is 2. The molecular formula is C23H33IN4O2. The number of hydrogen-bond acceptors (Lipinski definition) is 4. The van der Waals surface area contributed by atoms with E-state index in [1.165, 1.54) is 11.1 Å². The van der Waals surface area contributed by atoms with Gasteiger partial charge in [-0.1, -0.05) is 38.1 Å². The quantitative estimate of drug-likeness (QED) is 0.324. The van der Waals surface area contributed by atoms with Crippen LogP contribution in [0.1, 0.15) is 25.0 Å². The Morgan fingerprint density at radius 2 is 1.87 bits per heavy atom. The summed E-state index contributed by atoms with van der Waals surface area (Å²) in [7, 11) is 3.26. The lowest BCUT2D eigenvalue weighted by atomic mass is 9.95. The second kappa shape index (κ2) is 11.4. The Kier molecular flexibility index (Phi) is 9.23. The highest BCUT2D eigenvalue weighted by Crippen LogP contribution is 2.29. The molecular weight excluding hydrogens is 491 g/mol. The van der Waals surface area contributed by atoms with Gasteiger partial charge in [0, 0.05) is 25.2 Å². The molecule has 2 aromatic rings. The standard InChI is InChI=1S/C23H32N4O2.HI/c1-16(2)21(27-12-11-17-7-5-6-8-18(17)15-27)14-25-23(24)26-20-13-19(28-3)9-10-22(20)29-4;/h5-10,13,16,21H,11-12,14-15H2,1-4H3,(H3,24,25,26);1H. The predicted molar refractivity (Wildman–Crippen MR) is 134 cm³/mol. The smallest absolute Gasteiger partial charge is 0.193 e. The van der Waals surface area contributed by atoms with Crippen LogP contribution in [0.15, 0.2) is 47.5 Å². The summed E-state index contributed by atoms with van der Waals surface area (Å²) in [6.45, 7) is 7.15. The van der Waals surface area contributed by atoms with Crippen molar-refractivity contribution in [3.63, 3.8) is 0 Å². The molecule has 0 saturated carbocycles. The monoisotopic (exact) mass is 524 g/mol. The molecule has 1 atom stereocenters. The van der Waals surface area contributed by atoms with Gasteiger partial charge in [-0.3, -0.25) is 9.89 Å². The number of aliphatic imine (C=N–C) groups is 1. The fourth-order valence-corrected chi connectivity index (χ4v) is 3.83. The van der Waals surface area contributed by atoms with Crippen molar-refractivity contribution < 1.29 is 9.47 Å². The molecule has 6 nitrogen and oxygen atoms in total. The Labute approximate surface area is 196 Å². The van der Waals surface area contributed by atoms with Crippen LogP contribution >= 0.6 is 24.0 Å². The van der Waals surface area contributed by atoms with Crippen LogP contribution in [-0.2, 0) is 13.0 Å². The highest BCUT2D eigenvalue weighted by atomic mass is 127. The lowest BCUT2D eigenvalue weighted by Crippen LogP contribution is -2.44. The van der Waals surface area contributed by atoms with Gasteiger partial charge in [-0.15, -0.1) is 24.0 Å². The molecule has 7 heteroatoms. The Hall–Kier alpha value is -2.00. The maximum absolute atomic E-state index is 6.20. The van der Waals surface area contributed by atoms with Crippen molar-refractivity contribution in [3.05, 3.63) is 53.6 Å². The number of nitrogens with one attached hydrogen (secondary N) is 1. The van der Waals surface area contributed by atoms with Crippen LogP contribution in [0, 0.1) is 5.92 Å². The van der Waals surface area contributed by atoms with Crippen molar-refractivity contribution in [1.82, 2.24) is 4.90 Å². The zero-order valence-electron chi connectivity index (χ0n) is 18.2. The summed E-state index contributed by atoms with van der Waals surface area (Å²) in [4.78, 5) is 7.17. The molecule has 0 aromatic heterocycles. The summed E-state index contributed by atoms with van der Waals surface area (Å²) in [5.74, 6) is 2.27. The molecule has 1 aliphatic heterocycles. The second-order valence-corrected chi connectivity index (χ2v) is 7.72. The summed E-state index contributed by atoms with van der Waals surface area (Å²) in [5, 5.41) is 3.15. The van der Waals surface area contributed by atoms with Crippen LogP contribution in [0.2, 0.25) is 0 Å². The van der Waals surface area contributed by atoms with Crippen LogP contribution in [0.25, 0.3) is 0 Å². The molecule has 0 saturated heterocycles. The van der Waals surface area contributed by atoms with Crippen LogP contribution in [0.3, 0.4) is 0 Å². The summed E-state index contributed by atoms with van der Waals surface area (Å²) in [6.07, 6.45) is 1.08. The zero-order chi connectivity index (χ0) is 20.8. The van der Waals surface area contributed by atoms with Crippen molar-refractivity contribution >= 4 is 35.6 Å². The van der Waals surface area contributed by atoms with Gasteiger partial charge in [-0.05, 0) is 35.6 Å². The number of halogens is 1. The van der Waals surface area contributed by atoms with E-state index in [0.29, 0.717) is 30.2 Å². The molecule has 1 unspecified atom stereocenters. The SMILES string of the molecule is COc1ccc(OC)c(NC(N)=NCC(C(C)C)N2CCc3ccccc3C2)c1.I. The number of ether oxygens (including phenoxy) is 2. The normalized spacial score (nSPS) is 15.2. The molecule has 0 bridgehead atoms. The van der Waals surface area contributed by atoms with Crippen molar-refractivity contribution in [2.45, 2.75) is 32.9 Å². The maximum atomic E-state index is 6.20. The van der Waals surface area contributed by atoms with E-state index in [1.54, 1.807) is 14.2 Å². The minimum Gasteiger partial charge on any atom is -0.497 e. The first-order chi connectivity index (χ1) is 14.0. The summed E-state index contributed by atoms with van der Waals surface area (Å²) < 4.78 is 10.7. The Bertz CT molecular complexity index is 857. The van der Waals surface area contributed by atoms with E-state index in [2.05, 4.69) is 53.3 Å². The first-order valence-electron chi connectivity index (χ1n) is 10.1. The lowest BCUT2D eigenvalue weighted by molar-refractivity contribution is 0.145. The van der Waals surface area contributed by atoms with E-state index in [0.717, 1.165) is 30.9 Å². The number of fused-ring (bicyclic) bond motifs is 1. The highest BCUT2D eigenvalue weighted by Gasteiger charge is 2.25. The van der Waals surface area contributed by atoms with Crippen molar-refractivity contribution in [3.8, 4) is 11.5 Å². The van der Waals surface area contributed by atoms with E-state index < -0.39 is 0 Å². The third-order valence-corrected chi connectivity index (χ3v) is 5.52. The molecule has 3 rings (SSSR count). The van der Waals surface area contributed by atoms with Crippen molar-refractivity contribution in [2.75, 3.05) is 32.6 Å². The molecule has 3 N–H and O–H groups in total. The maximum Gasteiger partial charge on any atom is 0.193 e. The van der Waals surface area contributed by atoms with Crippen LogP contribution in [0.4, 0.5) is 5.69 Å². The number of methoxy groups -OCH3 is 2. The summed E-state index contributed by atoms with van der Waals surface area (Å²) in [6, 6.07) is 14.6. The molecule has 0 aliphatic carbocycles. The lowest BCUT2D eigenvalue weighted by Gasteiger charge is -2.37. The number of nitrogens with two attached hydrogens (primary N) is 1. The van der Waals surface area contributed by atoms with E-state index in [9.17, 15) is 0 Å². The van der Waals surface area contributed by atoms with Gasteiger partial charge in [-0.25, -0.2) is 0 Å². The molecule has 0 fully saturated rings. The Morgan fingerprint density at radius 3 is 2.53 bits per heavy atom. The van der Waals surface area contributed by atoms with Gasteiger partial charge in [0.1, 0.15) is 11.5 Å². The van der Waals surface area contributed by atoms with E-state index in [1.807, 2.05) is 18.2 Å². The molecule has 1 heterocycles. The number of nitrogens with zero attached hydrogens (tertiary/aromatic N) is 2. The van der Waals surface area contributed by atoms with Gasteiger partial charge in [-0.2, -0.15) is 0 Å². The molecule has 0 spiro atoms. The van der Waals surface area contributed by atoms with Crippen LogP contribution in [-0.4, -0.2) is 44.2 Å². The summed E-state index contributed by atoms with van der Waals surface area (Å²) in [5.41, 5.74) is 9.81. The largest absolute Gasteiger partial charge is 0.497 e. The van der Waals surface area contributed by atoms with E-state index in [-0.39, 0.29) is 24.0 Å². The average Bonchev–Trinajstić information content (AvgIpc) is 2.73. The second-order valence-electron chi connectivity index (χ2n) is 7.72. The topological polar surface area (TPSA) is 72.1 Å². The van der Waals surface area contributed by atoms with Crippen molar-refractivity contribution in [1.29, 1.82) is 0 Å². The fourth-order valence-electron chi connectivity index (χ4n) is 3.83. The third-order valence-electron chi connectivity index (χ3n) is 5.52. The van der Waals surface area contributed by atoms with E-state index >= 15 is 0 Å². The van der Waals surface area contributed by atoms with Crippen LogP contribution < -0.4 is 20.5 Å². The zero-order valence-corrected chi connectivity index (χ0v) is 20.6. The number of anilines is 1. The summed E-state index contributed by atoms with van der Waals surface area (Å²) >= 11 is 0. The first-order valence-corrected chi connectivity index (χ1v) is 10.1. The third kappa shape index (κ3) is 6.01. The molecule has 0 radical (unpaired) electrons. The fraction of sp³-hybridized carbons (Fsp3) is 0.435.